The Morgan fingerprint density at radius 1 is 1.26 bits per heavy atom. The third kappa shape index (κ3) is 4.92. The molecular formula is C16H24N6S. The Labute approximate surface area is 141 Å². The number of anilines is 1. The topological polar surface area (TPSA) is 65.4 Å². The molecule has 0 bridgehead atoms. The molecule has 0 radical (unpaired) electrons. The number of aliphatic imine (C=N–C) groups is 1. The third-order valence-corrected chi connectivity index (χ3v) is 4.44. The molecule has 2 heterocycles. The zero-order chi connectivity index (χ0) is 16.8. The van der Waals surface area contributed by atoms with Crippen LogP contribution in [0.5, 0.6) is 0 Å². The zero-order valence-corrected chi connectivity index (χ0v) is 15.2. The summed E-state index contributed by atoms with van der Waals surface area (Å²) in [6, 6.07) is 4.07. The van der Waals surface area contributed by atoms with Gasteiger partial charge in [0.2, 0.25) is 0 Å². The van der Waals surface area contributed by atoms with Crippen molar-refractivity contribution in [2.75, 3.05) is 26.0 Å². The van der Waals surface area contributed by atoms with Gasteiger partial charge in [-0.3, -0.25) is 4.99 Å². The molecule has 2 N–H and O–H groups in total. The van der Waals surface area contributed by atoms with Crippen molar-refractivity contribution in [3.05, 3.63) is 39.5 Å². The molecular weight excluding hydrogens is 308 g/mol. The second-order valence-corrected chi connectivity index (χ2v) is 6.73. The van der Waals surface area contributed by atoms with Crippen LogP contribution in [0.4, 0.5) is 5.82 Å². The van der Waals surface area contributed by atoms with E-state index < -0.39 is 0 Å². The Morgan fingerprint density at radius 3 is 2.61 bits per heavy atom. The second kappa shape index (κ2) is 7.92. The lowest BCUT2D eigenvalue weighted by molar-refractivity contribution is 0.810. The second-order valence-electron chi connectivity index (χ2n) is 5.44. The monoisotopic (exact) mass is 332 g/mol. The summed E-state index contributed by atoms with van der Waals surface area (Å²) in [5.74, 6) is 1.72. The van der Waals surface area contributed by atoms with Gasteiger partial charge in [0.05, 0.1) is 17.2 Å². The highest BCUT2D eigenvalue weighted by Crippen LogP contribution is 2.16. The molecule has 0 fully saturated rings. The van der Waals surface area contributed by atoms with Crippen LogP contribution in [0.2, 0.25) is 0 Å². The molecule has 0 aliphatic rings. The molecule has 0 amide bonds. The molecule has 7 heteroatoms. The van der Waals surface area contributed by atoms with Crippen molar-refractivity contribution in [1.82, 2.24) is 20.6 Å². The Morgan fingerprint density at radius 2 is 2.00 bits per heavy atom. The van der Waals surface area contributed by atoms with E-state index in [1.807, 2.05) is 45.1 Å². The smallest absolute Gasteiger partial charge is 0.191 e. The molecule has 0 saturated carbocycles. The Hall–Kier alpha value is -2.15. The Kier molecular flexibility index (Phi) is 5.92. The van der Waals surface area contributed by atoms with E-state index in [-0.39, 0.29) is 0 Å². The summed E-state index contributed by atoms with van der Waals surface area (Å²) in [6.07, 6.45) is 1.83. The van der Waals surface area contributed by atoms with Gasteiger partial charge in [-0.2, -0.15) is 0 Å². The summed E-state index contributed by atoms with van der Waals surface area (Å²) < 4.78 is 0. The molecule has 23 heavy (non-hydrogen) atoms. The summed E-state index contributed by atoms with van der Waals surface area (Å²) in [6.45, 7) is 5.50. The quantitative estimate of drug-likeness (QED) is 0.648. The fourth-order valence-corrected chi connectivity index (χ4v) is 3.00. The maximum Gasteiger partial charge on any atom is 0.191 e. The van der Waals surface area contributed by atoms with Crippen LogP contribution in [0, 0.1) is 13.8 Å². The van der Waals surface area contributed by atoms with Crippen molar-refractivity contribution in [2.45, 2.75) is 26.9 Å². The number of hydrogen-bond acceptors (Lipinski definition) is 5. The van der Waals surface area contributed by atoms with Crippen LogP contribution in [0.25, 0.3) is 0 Å². The molecule has 0 spiro atoms. The van der Waals surface area contributed by atoms with Gasteiger partial charge in [0.1, 0.15) is 5.82 Å². The first-order valence-corrected chi connectivity index (χ1v) is 8.31. The van der Waals surface area contributed by atoms with E-state index in [9.17, 15) is 0 Å². The van der Waals surface area contributed by atoms with Gasteiger partial charge in [-0.1, -0.05) is 0 Å². The zero-order valence-electron chi connectivity index (χ0n) is 14.3. The van der Waals surface area contributed by atoms with Gasteiger partial charge in [0, 0.05) is 38.8 Å². The lowest BCUT2D eigenvalue weighted by Gasteiger charge is -2.14. The number of guanidine groups is 1. The third-order valence-electron chi connectivity index (χ3n) is 3.37. The lowest BCUT2D eigenvalue weighted by Crippen LogP contribution is -2.36. The molecule has 0 unspecified atom stereocenters. The van der Waals surface area contributed by atoms with E-state index in [1.54, 1.807) is 18.4 Å². The van der Waals surface area contributed by atoms with E-state index in [0.29, 0.717) is 6.54 Å². The lowest BCUT2D eigenvalue weighted by atomic mass is 10.2. The molecule has 0 aromatic carbocycles. The molecule has 124 valence electrons. The first-order chi connectivity index (χ1) is 11.0. The van der Waals surface area contributed by atoms with E-state index in [1.165, 1.54) is 4.88 Å². The summed E-state index contributed by atoms with van der Waals surface area (Å²) in [4.78, 5) is 16.3. The summed E-state index contributed by atoms with van der Waals surface area (Å²) in [5, 5.41) is 7.75. The van der Waals surface area contributed by atoms with Crippen molar-refractivity contribution in [3.63, 3.8) is 0 Å². The minimum Gasteiger partial charge on any atom is -0.363 e. The first-order valence-electron chi connectivity index (χ1n) is 7.49. The minimum atomic E-state index is 0.698. The van der Waals surface area contributed by atoms with Crippen molar-refractivity contribution in [2.24, 2.45) is 4.99 Å². The molecule has 2 rings (SSSR count). The molecule has 2 aromatic heterocycles. The highest BCUT2D eigenvalue weighted by Gasteiger charge is 2.06. The SMILES string of the molecule is CN=C(NCc1ccnc(N(C)C)c1)NCc1sc(C)nc1C. The highest BCUT2D eigenvalue weighted by atomic mass is 32.1. The Balaban J connectivity index is 1.90. The van der Waals surface area contributed by atoms with E-state index >= 15 is 0 Å². The molecule has 0 aliphatic carbocycles. The minimum absolute atomic E-state index is 0.698. The van der Waals surface area contributed by atoms with Crippen molar-refractivity contribution < 1.29 is 0 Å². The summed E-state index contributed by atoms with van der Waals surface area (Å²) >= 11 is 1.72. The fraction of sp³-hybridized carbons (Fsp3) is 0.438. The average molecular weight is 332 g/mol. The average Bonchev–Trinajstić information content (AvgIpc) is 2.85. The van der Waals surface area contributed by atoms with E-state index in [0.717, 1.165) is 34.6 Å². The fourth-order valence-electron chi connectivity index (χ4n) is 2.12. The Bertz CT molecular complexity index is 677. The van der Waals surface area contributed by atoms with Gasteiger partial charge >= 0.3 is 0 Å². The predicted molar refractivity (Wildman–Crippen MR) is 97.2 cm³/mol. The number of pyridine rings is 1. The predicted octanol–water partition coefficient (Wildman–Crippen LogP) is 2.09. The molecule has 6 nitrogen and oxygen atoms in total. The van der Waals surface area contributed by atoms with Gasteiger partial charge < -0.3 is 15.5 Å². The largest absolute Gasteiger partial charge is 0.363 e. The molecule has 0 aliphatic heterocycles. The number of aromatic nitrogens is 2. The van der Waals surface area contributed by atoms with Gasteiger partial charge in [-0.25, -0.2) is 9.97 Å². The van der Waals surface area contributed by atoms with Gasteiger partial charge in [0.25, 0.3) is 0 Å². The highest BCUT2D eigenvalue weighted by molar-refractivity contribution is 7.11. The van der Waals surface area contributed by atoms with Crippen molar-refractivity contribution >= 4 is 23.1 Å². The summed E-state index contributed by atoms with van der Waals surface area (Å²) in [5.41, 5.74) is 2.25. The molecule has 0 atom stereocenters. The number of thiazole rings is 1. The van der Waals surface area contributed by atoms with Crippen LogP contribution in [-0.2, 0) is 13.1 Å². The van der Waals surface area contributed by atoms with Crippen LogP contribution in [0.1, 0.15) is 21.1 Å². The normalized spacial score (nSPS) is 11.4. The van der Waals surface area contributed by atoms with Crippen LogP contribution in [0.3, 0.4) is 0 Å². The van der Waals surface area contributed by atoms with E-state index in [2.05, 4.69) is 31.7 Å². The summed E-state index contributed by atoms with van der Waals surface area (Å²) in [7, 11) is 5.75. The number of nitrogens with one attached hydrogen (secondary N) is 2. The van der Waals surface area contributed by atoms with Gasteiger partial charge in [0.15, 0.2) is 5.96 Å². The standard InChI is InChI=1S/C16H24N6S/c1-11-14(23-12(2)21-11)10-20-16(17-3)19-9-13-6-7-18-15(8-13)22(4)5/h6-8H,9-10H2,1-5H3,(H2,17,19,20). The van der Waals surface area contributed by atoms with Gasteiger partial charge in [-0.05, 0) is 31.5 Å². The van der Waals surface area contributed by atoms with Crippen molar-refractivity contribution in [1.29, 1.82) is 0 Å². The van der Waals surface area contributed by atoms with E-state index in [4.69, 9.17) is 0 Å². The molecule has 0 saturated heterocycles. The number of rotatable bonds is 5. The van der Waals surface area contributed by atoms with Crippen LogP contribution in [-0.4, -0.2) is 37.1 Å². The number of aryl methyl sites for hydroxylation is 2. The number of hydrogen-bond donors (Lipinski definition) is 2. The number of nitrogens with zero attached hydrogens (tertiary/aromatic N) is 4. The van der Waals surface area contributed by atoms with Crippen LogP contribution < -0.4 is 15.5 Å². The van der Waals surface area contributed by atoms with Crippen LogP contribution >= 0.6 is 11.3 Å². The maximum absolute atomic E-state index is 4.44. The van der Waals surface area contributed by atoms with Gasteiger partial charge in [-0.15, -0.1) is 11.3 Å². The van der Waals surface area contributed by atoms with Crippen LogP contribution in [0.15, 0.2) is 23.3 Å². The maximum atomic E-state index is 4.44. The van der Waals surface area contributed by atoms with Crippen molar-refractivity contribution in [3.8, 4) is 0 Å². The molecule has 2 aromatic rings. The first kappa shape index (κ1) is 17.2.